The Kier molecular flexibility index (Phi) is 9.98. The molecule has 1 aliphatic heterocycles. The lowest BCUT2D eigenvalue weighted by atomic mass is 9.85. The van der Waals surface area contributed by atoms with Gasteiger partial charge >= 0.3 is 0 Å². The van der Waals surface area contributed by atoms with Gasteiger partial charge in [-0.05, 0) is 44.4 Å². The number of ether oxygens (including phenoxy) is 1. The number of methoxy groups -OCH3 is 1. The van der Waals surface area contributed by atoms with E-state index in [2.05, 4.69) is 31.2 Å². The maximum atomic E-state index is 14.2. The SMILES string of the molecule is CN[C@@H](C)C(=O)N[C@H](C(=O)N1CCC[C@H]1C(=O)Nc1cc2c(NCc3ccc(F)cc3F)ncnc2cc1OC)C(C)(C)C. The number of hydrogen-bond donors (Lipinski definition) is 4. The maximum Gasteiger partial charge on any atom is 0.247 e. The van der Waals surface area contributed by atoms with Crippen molar-refractivity contribution < 1.29 is 27.9 Å². The molecule has 0 radical (unpaired) electrons. The fraction of sp³-hybridized carbons (Fsp3) is 0.452. The molecule has 0 spiro atoms. The van der Waals surface area contributed by atoms with E-state index in [4.69, 9.17) is 4.74 Å². The lowest BCUT2D eigenvalue weighted by Gasteiger charge is -2.36. The van der Waals surface area contributed by atoms with Gasteiger partial charge in [-0.15, -0.1) is 0 Å². The molecule has 11 nitrogen and oxygen atoms in total. The van der Waals surface area contributed by atoms with E-state index in [1.807, 2.05) is 20.8 Å². The van der Waals surface area contributed by atoms with Crippen LogP contribution in [0.2, 0.25) is 0 Å². The molecule has 1 aromatic heterocycles. The van der Waals surface area contributed by atoms with Crippen LogP contribution in [0, 0.1) is 17.0 Å². The maximum absolute atomic E-state index is 14.2. The van der Waals surface area contributed by atoms with Crippen LogP contribution in [0.5, 0.6) is 5.75 Å². The zero-order valence-corrected chi connectivity index (χ0v) is 25.8. The number of nitrogens with zero attached hydrogens (tertiary/aromatic N) is 3. The minimum Gasteiger partial charge on any atom is -0.494 e. The Hall–Kier alpha value is -4.39. The highest BCUT2D eigenvalue weighted by Crippen LogP contribution is 2.33. The minimum absolute atomic E-state index is 0.0314. The average Bonchev–Trinajstić information content (AvgIpc) is 3.48. The highest BCUT2D eigenvalue weighted by atomic mass is 19.1. The molecule has 44 heavy (non-hydrogen) atoms. The Morgan fingerprint density at radius 3 is 2.55 bits per heavy atom. The van der Waals surface area contributed by atoms with Crippen LogP contribution >= 0.6 is 0 Å². The van der Waals surface area contributed by atoms with Crippen molar-refractivity contribution in [3.05, 3.63) is 53.9 Å². The largest absolute Gasteiger partial charge is 0.494 e. The summed E-state index contributed by atoms with van der Waals surface area (Å²) in [5.41, 5.74) is 0.482. The molecule has 0 bridgehead atoms. The highest BCUT2D eigenvalue weighted by molar-refractivity contribution is 6.02. The van der Waals surface area contributed by atoms with Gasteiger partial charge in [-0.3, -0.25) is 14.4 Å². The third kappa shape index (κ3) is 7.21. The van der Waals surface area contributed by atoms with Crippen LogP contribution in [0.1, 0.15) is 46.1 Å². The molecular weight excluding hydrogens is 572 g/mol. The van der Waals surface area contributed by atoms with E-state index in [0.717, 1.165) is 6.07 Å². The third-order valence-electron chi connectivity index (χ3n) is 7.74. The van der Waals surface area contributed by atoms with Crippen LogP contribution in [-0.2, 0) is 20.9 Å². The van der Waals surface area contributed by atoms with E-state index in [9.17, 15) is 23.2 Å². The summed E-state index contributed by atoms with van der Waals surface area (Å²) in [5, 5.41) is 12.2. The second-order valence-corrected chi connectivity index (χ2v) is 11.9. The summed E-state index contributed by atoms with van der Waals surface area (Å²) in [5.74, 6) is -1.69. The monoisotopic (exact) mass is 611 g/mol. The van der Waals surface area contributed by atoms with E-state index >= 15 is 0 Å². The Balaban J connectivity index is 1.57. The third-order valence-corrected chi connectivity index (χ3v) is 7.74. The lowest BCUT2D eigenvalue weighted by molar-refractivity contribution is -0.143. The van der Waals surface area contributed by atoms with Crippen molar-refractivity contribution in [2.75, 3.05) is 31.3 Å². The molecule has 3 amide bonds. The van der Waals surface area contributed by atoms with Gasteiger partial charge in [0.25, 0.3) is 0 Å². The van der Waals surface area contributed by atoms with Crippen molar-refractivity contribution in [3.63, 3.8) is 0 Å². The van der Waals surface area contributed by atoms with Crippen molar-refractivity contribution >= 4 is 40.1 Å². The predicted octanol–water partition coefficient (Wildman–Crippen LogP) is 3.60. The second kappa shape index (κ2) is 13.5. The number of fused-ring (bicyclic) bond motifs is 1. The van der Waals surface area contributed by atoms with Gasteiger partial charge in [0.1, 0.15) is 41.6 Å². The molecular formula is C31H39F2N7O4. The highest BCUT2D eigenvalue weighted by Gasteiger charge is 2.42. The number of aromatic nitrogens is 2. The number of halogens is 2. The van der Waals surface area contributed by atoms with Gasteiger partial charge < -0.3 is 30.9 Å². The molecule has 3 atom stereocenters. The molecule has 13 heteroatoms. The summed E-state index contributed by atoms with van der Waals surface area (Å²) < 4.78 is 33.1. The zero-order valence-electron chi connectivity index (χ0n) is 25.8. The quantitative estimate of drug-likeness (QED) is 0.273. The number of nitrogens with one attached hydrogen (secondary N) is 4. The summed E-state index contributed by atoms with van der Waals surface area (Å²) in [6.45, 7) is 7.70. The number of amides is 3. The number of benzene rings is 2. The number of likely N-dealkylation sites (tertiary alicyclic amines) is 1. The lowest BCUT2D eigenvalue weighted by Crippen LogP contribution is -2.59. The van der Waals surface area contributed by atoms with E-state index in [1.165, 1.54) is 30.5 Å². The zero-order chi connectivity index (χ0) is 32.2. The number of anilines is 2. The number of rotatable bonds is 10. The molecule has 0 saturated carbocycles. The van der Waals surface area contributed by atoms with Gasteiger partial charge in [-0.25, -0.2) is 18.7 Å². The van der Waals surface area contributed by atoms with E-state index < -0.39 is 41.1 Å². The second-order valence-electron chi connectivity index (χ2n) is 11.9. The summed E-state index contributed by atoms with van der Waals surface area (Å²) >= 11 is 0. The molecule has 2 heterocycles. The van der Waals surface area contributed by atoms with Gasteiger partial charge in [0, 0.05) is 36.2 Å². The number of hydrogen-bond acceptors (Lipinski definition) is 8. The Bertz CT molecular complexity index is 1550. The first-order chi connectivity index (χ1) is 20.8. The van der Waals surface area contributed by atoms with Gasteiger partial charge in [0.05, 0.1) is 24.4 Å². The molecule has 1 fully saturated rings. The van der Waals surface area contributed by atoms with Crippen LogP contribution in [0.3, 0.4) is 0 Å². The van der Waals surface area contributed by atoms with Crippen molar-refractivity contribution in [1.29, 1.82) is 0 Å². The molecule has 0 unspecified atom stereocenters. The molecule has 1 aliphatic rings. The van der Waals surface area contributed by atoms with Crippen molar-refractivity contribution in [1.82, 2.24) is 25.5 Å². The minimum atomic E-state index is -0.842. The first kappa shape index (κ1) is 32.5. The first-order valence-electron chi connectivity index (χ1n) is 14.4. The van der Waals surface area contributed by atoms with E-state index in [-0.39, 0.29) is 23.9 Å². The van der Waals surface area contributed by atoms with Crippen LogP contribution in [0.15, 0.2) is 36.7 Å². The van der Waals surface area contributed by atoms with Gasteiger partial charge in [0.2, 0.25) is 17.7 Å². The fourth-order valence-corrected chi connectivity index (χ4v) is 5.07. The van der Waals surface area contributed by atoms with Crippen molar-refractivity contribution in [3.8, 4) is 5.75 Å². The van der Waals surface area contributed by atoms with Gasteiger partial charge in [0.15, 0.2) is 0 Å². The van der Waals surface area contributed by atoms with Crippen molar-refractivity contribution in [2.45, 2.75) is 65.2 Å². The van der Waals surface area contributed by atoms with E-state index in [0.29, 0.717) is 47.5 Å². The Labute approximate surface area is 255 Å². The molecule has 4 N–H and O–H groups in total. The Morgan fingerprint density at radius 1 is 1.14 bits per heavy atom. The summed E-state index contributed by atoms with van der Waals surface area (Å²) in [6, 6.07) is 4.52. The summed E-state index contributed by atoms with van der Waals surface area (Å²) in [4.78, 5) is 50.2. The average molecular weight is 612 g/mol. The Morgan fingerprint density at radius 2 is 1.89 bits per heavy atom. The standard InChI is InChI=1S/C31H39F2N7O4/c1-17(34-5)28(41)39-26(31(2,3)4)30(43)40-11-7-8-24(40)29(42)38-23-13-20-22(14-25(23)44-6)36-16-37-27(20)35-15-18-9-10-19(32)12-21(18)33/h9-10,12-14,16-17,24,26,34H,7-8,11,15H2,1-6H3,(H,38,42)(H,39,41)(H,35,36,37)/t17-,24-,26+/m0/s1. The van der Waals surface area contributed by atoms with Crippen molar-refractivity contribution in [2.24, 2.45) is 5.41 Å². The summed E-state index contributed by atoms with van der Waals surface area (Å²) in [7, 11) is 3.12. The number of likely N-dealkylation sites (N-methyl/N-ethyl adjacent to an activating group) is 1. The predicted molar refractivity (Wildman–Crippen MR) is 163 cm³/mol. The molecule has 0 aliphatic carbocycles. The fourth-order valence-electron chi connectivity index (χ4n) is 5.07. The van der Waals surface area contributed by atoms with Gasteiger partial charge in [-0.2, -0.15) is 0 Å². The molecule has 2 aromatic carbocycles. The van der Waals surface area contributed by atoms with Crippen LogP contribution in [-0.4, -0.2) is 71.4 Å². The smallest absolute Gasteiger partial charge is 0.247 e. The van der Waals surface area contributed by atoms with Crippen LogP contribution in [0.25, 0.3) is 10.9 Å². The molecule has 3 aromatic rings. The number of carbonyl (C=O) groups is 3. The van der Waals surface area contributed by atoms with Gasteiger partial charge in [-0.1, -0.05) is 26.8 Å². The van der Waals surface area contributed by atoms with Crippen LogP contribution in [0.4, 0.5) is 20.3 Å². The van der Waals surface area contributed by atoms with Crippen LogP contribution < -0.4 is 26.0 Å². The number of carbonyl (C=O) groups excluding carboxylic acids is 3. The molecule has 1 saturated heterocycles. The summed E-state index contributed by atoms with van der Waals surface area (Å²) in [6.07, 6.45) is 2.41. The first-order valence-corrected chi connectivity index (χ1v) is 14.4. The molecule has 4 rings (SSSR count). The topological polar surface area (TPSA) is 138 Å². The normalized spacial score (nSPS) is 16.4. The van der Waals surface area contributed by atoms with E-state index in [1.54, 1.807) is 26.1 Å². The molecule has 236 valence electrons.